The third-order valence-corrected chi connectivity index (χ3v) is 4.41. The Bertz CT molecular complexity index is 688. The summed E-state index contributed by atoms with van der Waals surface area (Å²) < 4.78 is 10.5. The Hall–Kier alpha value is -2.19. The van der Waals surface area contributed by atoms with Crippen molar-refractivity contribution in [2.45, 2.75) is 32.5 Å². The van der Waals surface area contributed by atoms with Crippen molar-refractivity contribution in [1.82, 2.24) is 0 Å². The third-order valence-electron chi connectivity index (χ3n) is 3.29. The van der Waals surface area contributed by atoms with Crippen molar-refractivity contribution in [2.75, 3.05) is 12.4 Å². The molecule has 2 N–H and O–H groups in total. The topological polar surface area (TPSA) is 102 Å². The molecule has 0 unspecified atom stereocenters. The Labute approximate surface area is 136 Å². The molecule has 0 fully saturated rings. The molecule has 0 aromatic carbocycles. The number of aliphatic carboxylic acids is 1. The number of amides is 1. The van der Waals surface area contributed by atoms with Crippen LogP contribution in [0.5, 0.6) is 0 Å². The third kappa shape index (κ3) is 3.96. The maximum Gasteiger partial charge on any atom is 0.341 e. The second-order valence-corrected chi connectivity index (χ2v) is 6.69. The van der Waals surface area contributed by atoms with Crippen LogP contribution in [-0.4, -0.2) is 35.7 Å². The Kier molecular flexibility index (Phi) is 4.86. The average Bonchev–Trinajstić information content (AvgIpc) is 2.80. The maximum atomic E-state index is 12.1. The Morgan fingerprint density at radius 2 is 2.04 bits per heavy atom. The van der Waals surface area contributed by atoms with E-state index in [4.69, 9.17) is 14.6 Å². The smallest absolute Gasteiger partial charge is 0.341 e. The van der Waals surface area contributed by atoms with Crippen LogP contribution in [0.15, 0.2) is 12.2 Å². The predicted octanol–water partition coefficient (Wildman–Crippen LogP) is 1.97. The first-order valence-corrected chi connectivity index (χ1v) is 7.64. The first-order chi connectivity index (χ1) is 10.7. The molecular weight excluding hydrogens is 322 g/mol. The van der Waals surface area contributed by atoms with Crippen molar-refractivity contribution >= 4 is 34.2 Å². The quantitative estimate of drug-likeness (QED) is 0.642. The highest BCUT2D eigenvalue weighted by atomic mass is 32.1. The Morgan fingerprint density at radius 1 is 1.35 bits per heavy atom. The summed E-state index contributed by atoms with van der Waals surface area (Å²) in [6, 6.07) is 0. The summed E-state index contributed by atoms with van der Waals surface area (Å²) in [5.41, 5.74) is 0.693. The molecule has 0 spiro atoms. The van der Waals surface area contributed by atoms with Gasteiger partial charge >= 0.3 is 11.9 Å². The van der Waals surface area contributed by atoms with E-state index in [0.29, 0.717) is 23.6 Å². The minimum Gasteiger partial charge on any atom is -0.478 e. The SMILES string of the molecule is COC(=O)c1c(NC(=O)/C=C\C(=O)O)sc2c1CC(C)(C)OC2. The number of carboxylic acids is 1. The zero-order chi connectivity index (χ0) is 17.2. The van der Waals surface area contributed by atoms with Gasteiger partial charge in [0.15, 0.2) is 0 Å². The van der Waals surface area contributed by atoms with E-state index < -0.39 is 23.4 Å². The van der Waals surface area contributed by atoms with Gasteiger partial charge in [0.05, 0.1) is 24.9 Å². The minimum atomic E-state index is -1.23. The molecular formula is C15H17NO6S. The monoisotopic (exact) mass is 339 g/mol. The number of thiophene rings is 1. The van der Waals surface area contributed by atoms with Crippen LogP contribution in [0.2, 0.25) is 0 Å². The van der Waals surface area contributed by atoms with Crippen molar-refractivity contribution in [1.29, 1.82) is 0 Å². The van der Waals surface area contributed by atoms with E-state index in [1.807, 2.05) is 13.8 Å². The first kappa shape index (κ1) is 17.2. The van der Waals surface area contributed by atoms with Crippen LogP contribution >= 0.6 is 11.3 Å². The fourth-order valence-electron chi connectivity index (χ4n) is 2.26. The van der Waals surface area contributed by atoms with Crippen molar-refractivity contribution in [3.8, 4) is 0 Å². The van der Waals surface area contributed by atoms with Crippen LogP contribution in [-0.2, 0) is 32.1 Å². The second kappa shape index (κ2) is 6.51. The number of ether oxygens (including phenoxy) is 2. The molecule has 0 bridgehead atoms. The van der Waals surface area contributed by atoms with E-state index in [-0.39, 0.29) is 0 Å². The number of carbonyl (C=O) groups excluding carboxylic acids is 2. The van der Waals surface area contributed by atoms with Gasteiger partial charge in [-0.15, -0.1) is 11.3 Å². The van der Waals surface area contributed by atoms with Gasteiger partial charge in [-0.1, -0.05) is 0 Å². The van der Waals surface area contributed by atoms with Gasteiger partial charge in [-0.05, 0) is 19.4 Å². The number of carboxylic acid groups (broad SMARTS) is 1. The van der Waals surface area contributed by atoms with Gasteiger partial charge in [-0.3, -0.25) is 4.79 Å². The summed E-state index contributed by atoms with van der Waals surface area (Å²) in [4.78, 5) is 35.2. The molecule has 124 valence electrons. The van der Waals surface area contributed by atoms with Gasteiger partial charge in [0.2, 0.25) is 5.91 Å². The summed E-state index contributed by atoms with van der Waals surface area (Å²) in [5, 5.41) is 11.4. The molecule has 2 rings (SSSR count). The van der Waals surface area contributed by atoms with E-state index >= 15 is 0 Å². The lowest BCUT2D eigenvalue weighted by Gasteiger charge is -2.30. The molecule has 2 heterocycles. The molecule has 0 saturated carbocycles. The second-order valence-electron chi connectivity index (χ2n) is 5.59. The summed E-state index contributed by atoms with van der Waals surface area (Å²) in [6.07, 6.45) is 2.14. The molecule has 0 aliphatic carbocycles. The molecule has 1 amide bonds. The molecule has 1 aromatic heterocycles. The zero-order valence-electron chi connectivity index (χ0n) is 13.0. The van der Waals surface area contributed by atoms with E-state index in [1.165, 1.54) is 18.4 Å². The van der Waals surface area contributed by atoms with E-state index in [1.54, 1.807) is 0 Å². The van der Waals surface area contributed by atoms with Crippen molar-refractivity contribution < 1.29 is 29.0 Å². The summed E-state index contributed by atoms with van der Waals surface area (Å²) >= 11 is 1.23. The number of nitrogens with one attached hydrogen (secondary N) is 1. The van der Waals surface area contributed by atoms with E-state index in [0.717, 1.165) is 22.6 Å². The normalized spacial score (nSPS) is 16.0. The molecule has 1 aromatic rings. The van der Waals surface area contributed by atoms with Crippen LogP contribution in [0, 0.1) is 0 Å². The molecule has 23 heavy (non-hydrogen) atoms. The molecule has 1 aliphatic heterocycles. The highest BCUT2D eigenvalue weighted by Gasteiger charge is 2.34. The first-order valence-electron chi connectivity index (χ1n) is 6.82. The molecule has 0 saturated heterocycles. The lowest BCUT2D eigenvalue weighted by molar-refractivity contribution is -0.131. The lowest BCUT2D eigenvalue weighted by atomic mass is 9.93. The van der Waals surface area contributed by atoms with Crippen LogP contribution in [0.1, 0.15) is 34.6 Å². The minimum absolute atomic E-state index is 0.306. The van der Waals surface area contributed by atoms with Gasteiger partial charge in [0.1, 0.15) is 5.00 Å². The highest BCUT2D eigenvalue weighted by Crippen LogP contribution is 2.40. The standard InChI is InChI=1S/C15H17NO6S/c1-15(2)6-8-9(7-22-15)23-13(12(8)14(20)21-3)16-10(17)4-5-11(18)19/h4-5H,6-7H2,1-3H3,(H,16,17)(H,18,19)/b5-4-. The Balaban J connectivity index is 2.37. The maximum absolute atomic E-state index is 12.1. The molecule has 7 nitrogen and oxygen atoms in total. The molecule has 8 heteroatoms. The highest BCUT2D eigenvalue weighted by molar-refractivity contribution is 7.17. The van der Waals surface area contributed by atoms with Crippen LogP contribution < -0.4 is 5.32 Å². The van der Waals surface area contributed by atoms with Gasteiger partial charge in [-0.25, -0.2) is 9.59 Å². The number of anilines is 1. The number of methoxy groups -OCH3 is 1. The number of carbonyl (C=O) groups is 3. The van der Waals surface area contributed by atoms with Crippen molar-refractivity contribution in [2.24, 2.45) is 0 Å². The number of esters is 1. The van der Waals surface area contributed by atoms with Crippen LogP contribution in [0.3, 0.4) is 0 Å². The summed E-state index contributed by atoms with van der Waals surface area (Å²) in [7, 11) is 1.27. The van der Waals surface area contributed by atoms with Gasteiger partial charge in [-0.2, -0.15) is 0 Å². The Morgan fingerprint density at radius 3 is 2.65 bits per heavy atom. The largest absolute Gasteiger partial charge is 0.478 e. The van der Waals surface area contributed by atoms with Gasteiger partial charge in [0.25, 0.3) is 0 Å². The molecule has 0 radical (unpaired) electrons. The van der Waals surface area contributed by atoms with Crippen molar-refractivity contribution in [3.05, 3.63) is 28.2 Å². The fourth-order valence-corrected chi connectivity index (χ4v) is 3.38. The fraction of sp³-hybridized carbons (Fsp3) is 0.400. The van der Waals surface area contributed by atoms with Crippen molar-refractivity contribution in [3.63, 3.8) is 0 Å². The number of rotatable bonds is 4. The average molecular weight is 339 g/mol. The van der Waals surface area contributed by atoms with Crippen LogP contribution in [0.25, 0.3) is 0 Å². The number of hydrogen-bond acceptors (Lipinski definition) is 6. The summed E-state index contributed by atoms with van der Waals surface area (Å²) in [6.45, 7) is 4.18. The molecule has 1 aliphatic rings. The zero-order valence-corrected chi connectivity index (χ0v) is 13.8. The van der Waals surface area contributed by atoms with E-state index in [9.17, 15) is 14.4 Å². The number of hydrogen-bond donors (Lipinski definition) is 2. The van der Waals surface area contributed by atoms with E-state index in [2.05, 4.69) is 5.32 Å². The van der Waals surface area contributed by atoms with Gasteiger partial charge in [0, 0.05) is 23.5 Å². The number of fused-ring (bicyclic) bond motifs is 1. The summed E-state index contributed by atoms with van der Waals surface area (Å²) in [5.74, 6) is -2.40. The predicted molar refractivity (Wildman–Crippen MR) is 83.6 cm³/mol. The van der Waals surface area contributed by atoms with Gasteiger partial charge < -0.3 is 19.9 Å². The molecule has 0 atom stereocenters. The van der Waals surface area contributed by atoms with Crippen LogP contribution in [0.4, 0.5) is 5.00 Å². The lowest BCUT2D eigenvalue weighted by Crippen LogP contribution is -2.32.